The number of sulfonamides is 1. The lowest BCUT2D eigenvalue weighted by Crippen LogP contribution is -2.27. The zero-order valence-corrected chi connectivity index (χ0v) is 13.8. The molecule has 21 heavy (non-hydrogen) atoms. The molecule has 0 amide bonds. The van der Waals surface area contributed by atoms with Crippen LogP contribution in [0.3, 0.4) is 0 Å². The SMILES string of the molecule is COc1cc(Br)c(N)cc1S(=O)(=O)N(C)Cc1ncn[nH]1. The van der Waals surface area contributed by atoms with E-state index in [1.165, 1.54) is 32.6 Å². The quantitative estimate of drug-likeness (QED) is 0.752. The highest BCUT2D eigenvalue weighted by Crippen LogP contribution is 2.33. The second kappa shape index (κ2) is 6.00. The Labute approximate surface area is 130 Å². The van der Waals surface area contributed by atoms with Crippen molar-refractivity contribution in [2.45, 2.75) is 11.4 Å². The standard InChI is InChI=1S/C11H14BrN5O3S/c1-17(5-11-14-6-15-16-11)21(18,19)10-4-8(13)7(12)3-9(10)20-2/h3-4,6H,5,13H2,1-2H3,(H,14,15,16). The van der Waals surface area contributed by atoms with Crippen LogP contribution in [0, 0.1) is 0 Å². The van der Waals surface area contributed by atoms with Crippen LogP contribution in [0.5, 0.6) is 5.75 Å². The summed E-state index contributed by atoms with van der Waals surface area (Å²) >= 11 is 3.24. The van der Waals surface area contributed by atoms with Gasteiger partial charge in [-0.2, -0.15) is 9.40 Å². The molecule has 0 spiro atoms. The molecule has 1 aromatic heterocycles. The van der Waals surface area contributed by atoms with Gasteiger partial charge in [0.25, 0.3) is 0 Å². The van der Waals surface area contributed by atoms with Crippen LogP contribution < -0.4 is 10.5 Å². The third-order valence-corrected chi connectivity index (χ3v) is 5.32. The summed E-state index contributed by atoms with van der Waals surface area (Å²) in [5.74, 6) is 0.644. The van der Waals surface area contributed by atoms with Crippen molar-refractivity contribution < 1.29 is 13.2 Å². The summed E-state index contributed by atoms with van der Waals surface area (Å²) in [6, 6.07) is 2.87. The van der Waals surface area contributed by atoms with E-state index in [0.717, 1.165) is 4.31 Å². The van der Waals surface area contributed by atoms with E-state index in [9.17, 15) is 8.42 Å². The number of benzene rings is 1. The number of hydrogen-bond acceptors (Lipinski definition) is 6. The van der Waals surface area contributed by atoms with Gasteiger partial charge in [0.05, 0.1) is 13.7 Å². The maximum absolute atomic E-state index is 12.6. The van der Waals surface area contributed by atoms with Crippen LogP contribution in [0.25, 0.3) is 0 Å². The maximum Gasteiger partial charge on any atom is 0.246 e. The number of ether oxygens (including phenoxy) is 1. The molecule has 2 rings (SSSR count). The van der Waals surface area contributed by atoms with Crippen molar-refractivity contribution in [3.05, 3.63) is 28.8 Å². The number of hydrogen-bond donors (Lipinski definition) is 2. The monoisotopic (exact) mass is 375 g/mol. The highest BCUT2D eigenvalue weighted by Gasteiger charge is 2.26. The molecule has 0 bridgehead atoms. The summed E-state index contributed by atoms with van der Waals surface area (Å²) in [7, 11) is -0.941. The Morgan fingerprint density at radius 3 is 2.76 bits per heavy atom. The van der Waals surface area contributed by atoms with Crippen LogP contribution in [0.1, 0.15) is 5.82 Å². The first-order chi connectivity index (χ1) is 9.86. The number of nitrogens with zero attached hydrogens (tertiary/aromatic N) is 3. The third-order valence-electron chi connectivity index (χ3n) is 2.81. The molecule has 0 unspecified atom stereocenters. The van der Waals surface area contributed by atoms with Gasteiger partial charge in [-0.25, -0.2) is 13.4 Å². The zero-order chi connectivity index (χ0) is 15.6. The van der Waals surface area contributed by atoms with Crippen molar-refractivity contribution in [2.75, 3.05) is 19.9 Å². The van der Waals surface area contributed by atoms with Crippen molar-refractivity contribution in [1.29, 1.82) is 0 Å². The number of methoxy groups -OCH3 is 1. The highest BCUT2D eigenvalue weighted by molar-refractivity contribution is 9.10. The molecular weight excluding hydrogens is 362 g/mol. The minimum absolute atomic E-state index is 0.00675. The first-order valence-corrected chi connectivity index (χ1v) is 8.03. The number of aromatic nitrogens is 3. The normalized spacial score (nSPS) is 11.8. The summed E-state index contributed by atoms with van der Waals surface area (Å²) in [6.07, 6.45) is 1.31. The van der Waals surface area contributed by atoms with E-state index < -0.39 is 10.0 Å². The van der Waals surface area contributed by atoms with Gasteiger partial charge in [-0.05, 0) is 28.1 Å². The molecule has 0 saturated heterocycles. The van der Waals surface area contributed by atoms with Crippen molar-refractivity contribution in [2.24, 2.45) is 0 Å². The van der Waals surface area contributed by atoms with Gasteiger partial charge in [-0.3, -0.25) is 5.10 Å². The molecule has 1 heterocycles. The van der Waals surface area contributed by atoms with Gasteiger partial charge in [0, 0.05) is 17.2 Å². The lowest BCUT2D eigenvalue weighted by molar-refractivity contribution is 0.396. The summed E-state index contributed by atoms with van der Waals surface area (Å²) in [5.41, 5.74) is 6.07. The second-order valence-electron chi connectivity index (χ2n) is 4.22. The molecule has 0 radical (unpaired) electrons. The van der Waals surface area contributed by atoms with E-state index in [4.69, 9.17) is 10.5 Å². The van der Waals surface area contributed by atoms with Gasteiger partial charge >= 0.3 is 0 Å². The van der Waals surface area contributed by atoms with Gasteiger partial charge in [0.2, 0.25) is 10.0 Å². The van der Waals surface area contributed by atoms with Gasteiger partial charge < -0.3 is 10.5 Å². The Hall–Kier alpha value is -1.65. The molecule has 0 saturated carbocycles. The van der Waals surface area contributed by atoms with Crippen molar-refractivity contribution >= 4 is 31.6 Å². The fourth-order valence-electron chi connectivity index (χ4n) is 1.68. The van der Waals surface area contributed by atoms with Crippen LogP contribution in [0.15, 0.2) is 27.8 Å². The van der Waals surface area contributed by atoms with Crippen molar-refractivity contribution in [1.82, 2.24) is 19.5 Å². The van der Waals surface area contributed by atoms with Gasteiger partial charge in [-0.15, -0.1) is 0 Å². The predicted molar refractivity (Wildman–Crippen MR) is 80.1 cm³/mol. The first-order valence-electron chi connectivity index (χ1n) is 5.80. The van der Waals surface area contributed by atoms with Crippen molar-refractivity contribution in [3.63, 3.8) is 0 Å². The molecule has 0 aliphatic heterocycles. The second-order valence-corrected chi connectivity index (χ2v) is 7.09. The number of H-pyrrole nitrogens is 1. The van der Waals surface area contributed by atoms with Gasteiger partial charge in [0.15, 0.2) is 0 Å². The Bertz CT molecular complexity index is 733. The third kappa shape index (κ3) is 3.17. The molecular formula is C11H14BrN5O3S. The molecule has 2 aromatic rings. The van der Waals surface area contributed by atoms with E-state index in [0.29, 0.717) is 16.0 Å². The average molecular weight is 376 g/mol. The molecule has 3 N–H and O–H groups in total. The van der Waals surface area contributed by atoms with Gasteiger partial charge in [0.1, 0.15) is 22.8 Å². The van der Waals surface area contributed by atoms with Crippen molar-refractivity contribution in [3.8, 4) is 5.75 Å². The smallest absolute Gasteiger partial charge is 0.246 e. The Balaban J connectivity index is 2.41. The van der Waals surface area contributed by atoms with Crippen LogP contribution in [0.2, 0.25) is 0 Å². The number of nitrogens with two attached hydrogens (primary N) is 1. The van der Waals surface area contributed by atoms with E-state index >= 15 is 0 Å². The van der Waals surface area contributed by atoms with Crippen LogP contribution in [-0.2, 0) is 16.6 Å². The van der Waals surface area contributed by atoms with E-state index in [1.807, 2.05) is 0 Å². The Kier molecular flexibility index (Phi) is 4.49. The van der Waals surface area contributed by atoms with Gasteiger partial charge in [-0.1, -0.05) is 0 Å². The molecule has 1 aromatic carbocycles. The van der Waals surface area contributed by atoms with E-state index in [2.05, 4.69) is 31.1 Å². The summed E-state index contributed by atoms with van der Waals surface area (Å²) in [4.78, 5) is 3.89. The molecule has 0 atom stereocenters. The zero-order valence-electron chi connectivity index (χ0n) is 11.4. The molecule has 0 aliphatic rings. The number of rotatable bonds is 5. The van der Waals surface area contributed by atoms with E-state index in [-0.39, 0.29) is 17.2 Å². The largest absolute Gasteiger partial charge is 0.495 e. The number of aromatic amines is 1. The number of halogens is 1. The Morgan fingerprint density at radius 2 is 2.19 bits per heavy atom. The summed E-state index contributed by atoms with van der Waals surface area (Å²) in [6.45, 7) is 0.0570. The fourth-order valence-corrected chi connectivity index (χ4v) is 3.31. The molecule has 8 nitrogen and oxygen atoms in total. The molecule has 114 valence electrons. The number of anilines is 1. The Morgan fingerprint density at radius 1 is 1.48 bits per heavy atom. The maximum atomic E-state index is 12.6. The lowest BCUT2D eigenvalue weighted by Gasteiger charge is -2.18. The molecule has 10 heteroatoms. The number of nitrogen functional groups attached to an aromatic ring is 1. The average Bonchev–Trinajstić information content (AvgIpc) is 2.94. The van der Waals surface area contributed by atoms with E-state index in [1.54, 1.807) is 0 Å². The first kappa shape index (κ1) is 15.7. The van der Waals surface area contributed by atoms with Crippen LogP contribution in [0.4, 0.5) is 5.69 Å². The molecule has 0 fully saturated rings. The highest BCUT2D eigenvalue weighted by atomic mass is 79.9. The number of nitrogens with one attached hydrogen (secondary N) is 1. The predicted octanol–water partition coefficient (Wildman–Crippen LogP) is 0.979. The fraction of sp³-hybridized carbons (Fsp3) is 0.273. The summed E-state index contributed by atoms with van der Waals surface area (Å²) < 4.78 is 32.1. The summed E-state index contributed by atoms with van der Waals surface area (Å²) in [5, 5.41) is 6.29. The van der Waals surface area contributed by atoms with Crippen LogP contribution >= 0.6 is 15.9 Å². The molecule has 0 aliphatic carbocycles. The minimum atomic E-state index is -3.78. The lowest BCUT2D eigenvalue weighted by atomic mass is 10.3. The topological polar surface area (TPSA) is 114 Å². The minimum Gasteiger partial charge on any atom is -0.495 e. The van der Waals surface area contributed by atoms with Crippen LogP contribution in [-0.4, -0.2) is 42.1 Å².